The summed E-state index contributed by atoms with van der Waals surface area (Å²) < 4.78 is 17.6. The molecule has 198 valence electrons. The Hall–Kier alpha value is -3.43. The number of unbranched alkanes of at least 4 members (excludes halogenated alkanes) is 3. The predicted octanol–water partition coefficient (Wildman–Crippen LogP) is 6.58. The summed E-state index contributed by atoms with van der Waals surface area (Å²) in [5, 5.41) is 10.4. The lowest BCUT2D eigenvalue weighted by atomic mass is 9.98. The largest absolute Gasteiger partial charge is 0.493 e. The van der Waals surface area contributed by atoms with Gasteiger partial charge in [0.1, 0.15) is 10.6 Å². The first-order chi connectivity index (χ1) is 18.5. The van der Waals surface area contributed by atoms with Crippen LogP contribution in [0.15, 0.2) is 45.6 Å². The number of hydrogen-bond donors (Lipinski definition) is 0. The summed E-state index contributed by atoms with van der Waals surface area (Å²) in [6, 6.07) is 9.44. The molecule has 2 aromatic heterocycles. The number of ether oxygens (including phenoxy) is 2. The zero-order valence-corrected chi connectivity index (χ0v) is 23.0. The number of methoxy groups -OCH3 is 1. The van der Waals surface area contributed by atoms with Crippen molar-refractivity contribution in [3.8, 4) is 11.5 Å². The molecule has 4 aromatic rings. The monoisotopic (exact) mass is 553 g/mol. The van der Waals surface area contributed by atoms with Crippen molar-refractivity contribution in [2.45, 2.75) is 52.0 Å². The number of aryl methyl sites for hydroxylation is 1. The van der Waals surface area contributed by atoms with Crippen molar-refractivity contribution in [2.75, 3.05) is 18.6 Å². The van der Waals surface area contributed by atoms with Gasteiger partial charge in [0.05, 0.1) is 30.7 Å². The standard InChI is InChI=1S/C28H28ClN3O5S/c1-4-6-7-8-13-36-20-11-9-16(14-21(20)35-3)24-23-25(33)18-15-17(29)10-12-19(18)37-26(23)27(34)32(24)28-31-30-22(5-2)38-28/h9-12,14-15,24H,4-8,13H2,1-3H3. The number of hydrogen-bond acceptors (Lipinski definition) is 8. The highest BCUT2D eigenvalue weighted by atomic mass is 35.5. The summed E-state index contributed by atoms with van der Waals surface area (Å²) in [4.78, 5) is 29.0. The minimum atomic E-state index is -0.790. The lowest BCUT2D eigenvalue weighted by molar-refractivity contribution is 0.0970. The molecule has 0 saturated heterocycles. The fraction of sp³-hybridized carbons (Fsp3) is 0.357. The molecule has 0 radical (unpaired) electrons. The fourth-order valence-corrected chi connectivity index (χ4v) is 5.60. The first-order valence-electron chi connectivity index (χ1n) is 12.7. The van der Waals surface area contributed by atoms with Gasteiger partial charge in [-0.25, -0.2) is 0 Å². The van der Waals surface area contributed by atoms with Crippen LogP contribution < -0.4 is 19.8 Å². The van der Waals surface area contributed by atoms with Gasteiger partial charge in [-0.15, -0.1) is 10.2 Å². The number of anilines is 1. The van der Waals surface area contributed by atoms with Crippen LogP contribution >= 0.6 is 22.9 Å². The summed E-state index contributed by atoms with van der Waals surface area (Å²) in [5.74, 6) is 0.648. The second-order valence-electron chi connectivity index (χ2n) is 9.04. The Labute approximate surface area is 229 Å². The summed E-state index contributed by atoms with van der Waals surface area (Å²) in [6.45, 7) is 4.71. The molecule has 0 fully saturated rings. The van der Waals surface area contributed by atoms with E-state index < -0.39 is 11.9 Å². The summed E-state index contributed by atoms with van der Waals surface area (Å²) in [7, 11) is 1.57. The Morgan fingerprint density at radius 1 is 1.05 bits per heavy atom. The van der Waals surface area contributed by atoms with E-state index in [2.05, 4.69) is 17.1 Å². The van der Waals surface area contributed by atoms with Crippen molar-refractivity contribution in [1.82, 2.24) is 10.2 Å². The number of aromatic nitrogens is 2. The number of rotatable bonds is 10. The molecule has 1 aliphatic heterocycles. The smallest absolute Gasteiger partial charge is 0.297 e. The Kier molecular flexibility index (Phi) is 7.67. The van der Waals surface area contributed by atoms with Crippen molar-refractivity contribution in [1.29, 1.82) is 0 Å². The minimum absolute atomic E-state index is 0.0155. The van der Waals surface area contributed by atoms with Crippen molar-refractivity contribution >= 4 is 44.9 Å². The lowest BCUT2D eigenvalue weighted by Gasteiger charge is -2.23. The quantitative estimate of drug-likeness (QED) is 0.205. The van der Waals surface area contributed by atoms with E-state index in [0.29, 0.717) is 51.2 Å². The second kappa shape index (κ2) is 11.1. The number of fused-ring (bicyclic) bond motifs is 2. The van der Waals surface area contributed by atoms with Gasteiger partial charge in [0.15, 0.2) is 16.9 Å². The molecular weight excluding hydrogens is 526 g/mol. The number of amides is 1. The van der Waals surface area contributed by atoms with Crippen molar-refractivity contribution < 1.29 is 18.7 Å². The molecule has 0 N–H and O–H groups in total. The van der Waals surface area contributed by atoms with E-state index in [1.165, 1.54) is 16.2 Å². The van der Waals surface area contributed by atoms with Crippen LogP contribution in [0, 0.1) is 0 Å². The minimum Gasteiger partial charge on any atom is -0.493 e. The molecule has 1 amide bonds. The third kappa shape index (κ3) is 4.76. The van der Waals surface area contributed by atoms with E-state index in [0.717, 1.165) is 30.7 Å². The second-order valence-corrected chi connectivity index (χ2v) is 10.5. The Balaban J connectivity index is 1.62. The van der Waals surface area contributed by atoms with E-state index in [1.54, 1.807) is 31.4 Å². The molecule has 1 atom stereocenters. The molecule has 5 rings (SSSR count). The zero-order valence-electron chi connectivity index (χ0n) is 21.5. The van der Waals surface area contributed by atoms with Gasteiger partial charge in [0.25, 0.3) is 5.91 Å². The van der Waals surface area contributed by atoms with Gasteiger partial charge in [-0.2, -0.15) is 0 Å². The molecule has 1 unspecified atom stereocenters. The van der Waals surface area contributed by atoms with Crippen LogP contribution in [0.3, 0.4) is 0 Å². The van der Waals surface area contributed by atoms with E-state index in [1.807, 2.05) is 19.1 Å². The van der Waals surface area contributed by atoms with Crippen LogP contribution in [0.2, 0.25) is 5.02 Å². The highest BCUT2D eigenvalue weighted by Gasteiger charge is 2.45. The molecule has 2 aromatic carbocycles. The van der Waals surface area contributed by atoms with Crippen LogP contribution in [0.25, 0.3) is 11.0 Å². The van der Waals surface area contributed by atoms with Crippen LogP contribution in [-0.2, 0) is 6.42 Å². The van der Waals surface area contributed by atoms with Gasteiger partial charge < -0.3 is 13.9 Å². The molecule has 1 aliphatic rings. The molecule has 0 saturated carbocycles. The van der Waals surface area contributed by atoms with Crippen molar-refractivity contribution in [3.63, 3.8) is 0 Å². The summed E-state index contributed by atoms with van der Waals surface area (Å²) >= 11 is 7.50. The van der Waals surface area contributed by atoms with Gasteiger partial charge >= 0.3 is 0 Å². The van der Waals surface area contributed by atoms with E-state index >= 15 is 0 Å². The first-order valence-corrected chi connectivity index (χ1v) is 13.9. The van der Waals surface area contributed by atoms with E-state index in [-0.39, 0.29) is 16.8 Å². The number of carbonyl (C=O) groups excluding carboxylic acids is 1. The molecule has 0 bridgehead atoms. The van der Waals surface area contributed by atoms with E-state index in [9.17, 15) is 9.59 Å². The van der Waals surface area contributed by atoms with Crippen LogP contribution in [-0.4, -0.2) is 29.8 Å². The highest BCUT2D eigenvalue weighted by Crippen LogP contribution is 2.44. The Bertz CT molecular complexity index is 1550. The zero-order chi connectivity index (χ0) is 26.8. The maximum atomic E-state index is 13.8. The van der Waals surface area contributed by atoms with Crippen LogP contribution in [0.4, 0.5) is 5.13 Å². The summed E-state index contributed by atoms with van der Waals surface area (Å²) in [5.41, 5.74) is 0.866. The Morgan fingerprint density at radius 2 is 1.89 bits per heavy atom. The molecule has 0 spiro atoms. The number of nitrogens with zero attached hydrogens (tertiary/aromatic N) is 3. The van der Waals surface area contributed by atoms with Gasteiger partial charge in [0, 0.05) is 5.02 Å². The normalized spacial score (nSPS) is 14.8. The number of benzene rings is 2. The third-order valence-electron chi connectivity index (χ3n) is 6.56. The maximum absolute atomic E-state index is 13.8. The highest BCUT2D eigenvalue weighted by molar-refractivity contribution is 7.15. The van der Waals surface area contributed by atoms with Crippen molar-refractivity contribution in [3.05, 3.63) is 73.5 Å². The molecule has 0 aliphatic carbocycles. The summed E-state index contributed by atoms with van der Waals surface area (Å²) in [6.07, 6.45) is 5.04. The molecule has 10 heteroatoms. The molecule has 38 heavy (non-hydrogen) atoms. The van der Waals surface area contributed by atoms with Crippen LogP contribution in [0.5, 0.6) is 11.5 Å². The van der Waals surface area contributed by atoms with Gasteiger partial charge in [-0.3, -0.25) is 14.5 Å². The third-order valence-corrected chi connectivity index (χ3v) is 7.86. The van der Waals surface area contributed by atoms with Gasteiger partial charge in [-0.05, 0) is 48.7 Å². The average molecular weight is 554 g/mol. The molecule has 8 nitrogen and oxygen atoms in total. The van der Waals surface area contributed by atoms with E-state index in [4.69, 9.17) is 25.5 Å². The maximum Gasteiger partial charge on any atom is 0.297 e. The molecular formula is C28H28ClN3O5S. The topological polar surface area (TPSA) is 94.8 Å². The SMILES string of the molecule is CCCCCCOc1ccc(C2c3c(oc4ccc(Cl)cc4c3=O)C(=O)N2c2nnc(CC)s2)cc1OC. The lowest BCUT2D eigenvalue weighted by Crippen LogP contribution is -2.29. The molecule has 3 heterocycles. The van der Waals surface area contributed by atoms with Crippen molar-refractivity contribution in [2.24, 2.45) is 0 Å². The number of halogens is 1. The number of carbonyl (C=O) groups is 1. The first kappa shape index (κ1) is 26.2. The van der Waals surface area contributed by atoms with Crippen LogP contribution in [0.1, 0.15) is 72.3 Å². The Morgan fingerprint density at radius 3 is 2.63 bits per heavy atom. The van der Waals surface area contributed by atoms with Gasteiger partial charge in [0.2, 0.25) is 10.9 Å². The predicted molar refractivity (Wildman–Crippen MR) is 148 cm³/mol. The average Bonchev–Trinajstić information content (AvgIpc) is 3.51. The fourth-order valence-electron chi connectivity index (χ4n) is 4.63. The van der Waals surface area contributed by atoms with Gasteiger partial charge in [-0.1, -0.05) is 62.1 Å².